The number of carbonyl (C=O) groups excluding carboxylic acids is 2. The Balaban J connectivity index is 3.20. The van der Waals surface area contributed by atoms with E-state index in [0.717, 1.165) is 12.1 Å². The van der Waals surface area contributed by atoms with E-state index < -0.39 is 28.6 Å². The third-order valence-electron chi connectivity index (χ3n) is 4.31. The molecule has 0 fully saturated rings. The molecule has 1 aromatic rings. The zero-order valence-electron chi connectivity index (χ0n) is 16.8. The average molecular weight is 395 g/mol. The molecule has 0 aliphatic rings. The molecule has 0 spiro atoms. The monoisotopic (exact) mass is 394 g/mol. The van der Waals surface area contributed by atoms with Crippen molar-refractivity contribution in [2.24, 2.45) is 0 Å². The molecule has 7 heteroatoms. The summed E-state index contributed by atoms with van der Waals surface area (Å²) in [6, 6.07) is 8.66. The highest BCUT2D eigenvalue weighted by atomic mass is 28.4. The van der Waals surface area contributed by atoms with Crippen molar-refractivity contribution in [2.75, 3.05) is 7.11 Å². The normalized spacial score (nSPS) is 11.5. The Kier molecular flexibility index (Phi) is 7.83. The minimum atomic E-state index is -2.15. The van der Waals surface area contributed by atoms with E-state index in [-0.39, 0.29) is 5.57 Å². The second-order valence-corrected chi connectivity index (χ2v) is 16.2. The molecule has 0 radical (unpaired) electrons. The van der Waals surface area contributed by atoms with Gasteiger partial charge in [0.25, 0.3) is 0 Å². The van der Waals surface area contributed by atoms with Crippen molar-refractivity contribution in [1.29, 1.82) is 0 Å². The van der Waals surface area contributed by atoms with Crippen LogP contribution in [0.15, 0.2) is 29.8 Å². The van der Waals surface area contributed by atoms with Crippen LogP contribution in [0.5, 0.6) is 5.75 Å². The van der Waals surface area contributed by atoms with E-state index in [9.17, 15) is 9.59 Å². The Hall–Kier alpha value is -1.87. The quantitative estimate of drug-likeness (QED) is 0.279. The van der Waals surface area contributed by atoms with Crippen molar-refractivity contribution in [3.05, 3.63) is 35.4 Å². The largest absolute Gasteiger partial charge is 0.516 e. The van der Waals surface area contributed by atoms with Gasteiger partial charge in [-0.25, -0.2) is 9.59 Å². The Labute approximate surface area is 158 Å². The highest BCUT2D eigenvalue weighted by Gasteiger charge is 2.33. The fourth-order valence-electron chi connectivity index (χ4n) is 1.82. The van der Waals surface area contributed by atoms with Gasteiger partial charge in [-0.1, -0.05) is 26.0 Å². The zero-order chi connectivity index (χ0) is 20.0. The molecule has 0 unspecified atom stereocenters. The molecule has 1 aromatic carbocycles. The topological polar surface area (TPSA) is 61.8 Å². The Morgan fingerprint density at radius 3 is 1.65 bits per heavy atom. The van der Waals surface area contributed by atoms with Gasteiger partial charge >= 0.3 is 11.9 Å². The van der Waals surface area contributed by atoms with E-state index in [4.69, 9.17) is 13.6 Å². The van der Waals surface area contributed by atoms with Gasteiger partial charge in [0.15, 0.2) is 0 Å². The molecule has 0 N–H and O–H groups in total. The Morgan fingerprint density at radius 1 is 0.885 bits per heavy atom. The van der Waals surface area contributed by atoms with Crippen LogP contribution >= 0.6 is 0 Å². The van der Waals surface area contributed by atoms with Crippen LogP contribution in [0.4, 0.5) is 0 Å². The molecule has 0 atom stereocenters. The zero-order valence-corrected chi connectivity index (χ0v) is 18.8. The third-order valence-corrected chi connectivity index (χ3v) is 9.19. The van der Waals surface area contributed by atoms with Crippen LogP contribution in [0.1, 0.15) is 19.4 Å². The molecule has 0 amide bonds. The van der Waals surface area contributed by atoms with E-state index in [1.807, 2.05) is 40.0 Å². The van der Waals surface area contributed by atoms with Crippen molar-refractivity contribution in [2.45, 2.75) is 52.1 Å². The summed E-state index contributed by atoms with van der Waals surface area (Å²) >= 11 is 0. The first kappa shape index (κ1) is 22.2. The second kappa shape index (κ2) is 9.18. The van der Waals surface area contributed by atoms with Crippen LogP contribution in [0.2, 0.25) is 38.3 Å². The summed E-state index contributed by atoms with van der Waals surface area (Å²) in [5, 5.41) is 0. The van der Waals surface area contributed by atoms with Crippen LogP contribution < -0.4 is 4.74 Å². The maximum absolute atomic E-state index is 12.7. The lowest BCUT2D eigenvalue weighted by atomic mass is 10.1. The first-order valence-corrected chi connectivity index (χ1v) is 15.1. The number of benzene rings is 1. The first-order chi connectivity index (χ1) is 12.0. The van der Waals surface area contributed by atoms with Gasteiger partial charge in [-0.2, -0.15) is 0 Å². The molecule has 0 aromatic heterocycles. The summed E-state index contributed by atoms with van der Waals surface area (Å²) in [5.74, 6) is -0.511. The van der Waals surface area contributed by atoms with Gasteiger partial charge < -0.3 is 13.6 Å². The Morgan fingerprint density at radius 2 is 1.31 bits per heavy atom. The van der Waals surface area contributed by atoms with Crippen LogP contribution in [0.3, 0.4) is 0 Å². The highest BCUT2D eigenvalue weighted by molar-refractivity contribution is 6.74. The van der Waals surface area contributed by atoms with Crippen LogP contribution in [0, 0.1) is 0 Å². The van der Waals surface area contributed by atoms with Gasteiger partial charge in [0.05, 0.1) is 7.11 Å². The van der Waals surface area contributed by atoms with Crippen molar-refractivity contribution < 1.29 is 23.2 Å². The van der Waals surface area contributed by atoms with E-state index in [1.54, 1.807) is 31.4 Å². The van der Waals surface area contributed by atoms with Crippen molar-refractivity contribution in [3.8, 4) is 5.75 Å². The number of rotatable bonds is 8. The lowest BCUT2D eigenvalue weighted by Gasteiger charge is -2.24. The van der Waals surface area contributed by atoms with Crippen molar-refractivity contribution in [3.63, 3.8) is 0 Å². The van der Waals surface area contributed by atoms with Gasteiger partial charge in [0.2, 0.25) is 16.6 Å². The lowest BCUT2D eigenvalue weighted by Crippen LogP contribution is -2.37. The maximum atomic E-state index is 12.7. The highest BCUT2D eigenvalue weighted by Crippen LogP contribution is 2.20. The minimum Gasteiger partial charge on any atom is -0.516 e. The number of carbonyl (C=O) groups is 2. The summed E-state index contributed by atoms with van der Waals surface area (Å²) in [7, 11) is -2.73. The number of hydrogen-bond acceptors (Lipinski definition) is 5. The molecule has 0 aliphatic carbocycles. The Bertz CT molecular complexity index is 631. The summed E-state index contributed by atoms with van der Waals surface area (Å²) in [5.41, 5.74) is 0.653. The molecular weight excluding hydrogens is 364 g/mol. The minimum absolute atomic E-state index is 0.0572. The smallest absolute Gasteiger partial charge is 0.332 e. The third kappa shape index (κ3) is 6.80. The molecule has 0 bridgehead atoms. The SMILES string of the molecule is CC[Si](C)(C)OC(=O)C(=Cc1ccc(OC)cc1)C(=O)O[Si](C)(C)CC. The number of hydrogen-bond donors (Lipinski definition) is 0. The average Bonchev–Trinajstić information content (AvgIpc) is 2.59. The van der Waals surface area contributed by atoms with Gasteiger partial charge in [-0.05, 0) is 62.0 Å². The molecule has 1 rings (SSSR count). The fraction of sp³-hybridized carbons (Fsp3) is 0.474. The standard InChI is InChI=1S/C19H30O5Si2/c1-8-25(4,5)23-18(20)17(19(21)24-26(6,7)9-2)14-15-10-12-16(22-3)13-11-15/h10-14H,8-9H2,1-7H3. The van der Waals surface area contributed by atoms with Gasteiger partial charge in [0.1, 0.15) is 11.3 Å². The fourth-order valence-corrected chi connectivity index (χ4v) is 3.34. The molecule has 0 aliphatic heterocycles. The maximum Gasteiger partial charge on any atom is 0.332 e. The van der Waals surface area contributed by atoms with Crippen molar-refractivity contribution >= 4 is 34.6 Å². The van der Waals surface area contributed by atoms with Crippen LogP contribution in [0.25, 0.3) is 6.08 Å². The number of ether oxygens (including phenoxy) is 1. The summed E-state index contributed by atoms with van der Waals surface area (Å²) < 4.78 is 16.5. The van der Waals surface area contributed by atoms with Gasteiger partial charge in [0, 0.05) is 0 Å². The predicted molar refractivity (Wildman–Crippen MR) is 109 cm³/mol. The summed E-state index contributed by atoms with van der Waals surface area (Å²) in [6.45, 7) is 11.8. The number of methoxy groups -OCH3 is 1. The predicted octanol–water partition coefficient (Wildman–Crippen LogP) is 4.62. The molecule has 26 heavy (non-hydrogen) atoms. The second-order valence-electron chi connectivity index (χ2n) is 7.34. The van der Waals surface area contributed by atoms with Crippen LogP contribution in [-0.2, 0) is 18.4 Å². The molecular formula is C19H30O5Si2. The van der Waals surface area contributed by atoms with E-state index in [1.165, 1.54) is 6.08 Å². The van der Waals surface area contributed by atoms with E-state index in [2.05, 4.69) is 0 Å². The summed E-state index contributed by atoms with van der Waals surface area (Å²) in [4.78, 5) is 25.4. The molecule has 0 saturated carbocycles. The molecule has 0 saturated heterocycles. The first-order valence-electron chi connectivity index (χ1n) is 8.86. The molecule has 144 valence electrons. The molecule has 5 nitrogen and oxygen atoms in total. The lowest BCUT2D eigenvalue weighted by molar-refractivity contribution is -0.138. The van der Waals surface area contributed by atoms with E-state index >= 15 is 0 Å². The van der Waals surface area contributed by atoms with E-state index in [0.29, 0.717) is 11.3 Å². The molecule has 0 heterocycles. The van der Waals surface area contributed by atoms with Gasteiger partial charge in [-0.3, -0.25) is 0 Å². The van der Waals surface area contributed by atoms with Crippen LogP contribution in [-0.4, -0.2) is 35.7 Å². The van der Waals surface area contributed by atoms with Gasteiger partial charge in [-0.15, -0.1) is 0 Å². The summed E-state index contributed by atoms with van der Waals surface area (Å²) in [6.07, 6.45) is 1.53. The van der Waals surface area contributed by atoms with Crippen molar-refractivity contribution in [1.82, 2.24) is 0 Å².